The van der Waals surface area contributed by atoms with Crippen LogP contribution >= 0.6 is 11.3 Å². The minimum Gasteiger partial charge on any atom is -0.467 e. The molecule has 0 radical (unpaired) electrons. The first-order valence-electron chi connectivity index (χ1n) is 8.41. The van der Waals surface area contributed by atoms with Crippen molar-refractivity contribution in [2.75, 3.05) is 41.7 Å². The first-order chi connectivity index (χ1) is 13.6. The second-order valence-electron chi connectivity index (χ2n) is 5.59. The van der Waals surface area contributed by atoms with E-state index in [0.717, 1.165) is 4.88 Å². The van der Waals surface area contributed by atoms with Crippen molar-refractivity contribution >= 4 is 23.2 Å². The van der Waals surface area contributed by atoms with Gasteiger partial charge in [0.15, 0.2) is 26.2 Å². The monoisotopic (exact) mass is 408 g/mol. The number of benzene rings is 1. The lowest BCUT2D eigenvalue weighted by Crippen LogP contribution is -2.10. The summed E-state index contributed by atoms with van der Waals surface area (Å²) in [7, 11) is 4.50. The van der Waals surface area contributed by atoms with E-state index in [-0.39, 0.29) is 43.2 Å². The molecule has 2 aromatic rings. The van der Waals surface area contributed by atoms with Crippen molar-refractivity contribution < 1.29 is 33.2 Å². The molecule has 0 bridgehead atoms. The fourth-order valence-corrected chi connectivity index (χ4v) is 3.06. The Hall–Kier alpha value is -2.39. The van der Waals surface area contributed by atoms with Crippen LogP contribution < -0.4 is 14.2 Å². The SMILES string of the molecule is COCOc1cc(OCOC)c(C(=O)/C=C/c2ccc(C)s2)c(OCOC)c1. The summed E-state index contributed by atoms with van der Waals surface area (Å²) in [5, 5.41) is 0. The van der Waals surface area contributed by atoms with Crippen molar-refractivity contribution in [1.82, 2.24) is 0 Å². The summed E-state index contributed by atoms with van der Waals surface area (Å²) in [6, 6.07) is 7.13. The van der Waals surface area contributed by atoms with E-state index in [0.29, 0.717) is 5.75 Å². The van der Waals surface area contributed by atoms with Crippen LogP contribution in [0.25, 0.3) is 6.08 Å². The van der Waals surface area contributed by atoms with Crippen LogP contribution in [0.5, 0.6) is 17.2 Å². The fraction of sp³-hybridized carbons (Fsp3) is 0.350. The lowest BCUT2D eigenvalue weighted by molar-refractivity contribution is 0.0400. The molecule has 28 heavy (non-hydrogen) atoms. The predicted octanol–water partition coefficient (Wildman–Crippen LogP) is 3.90. The van der Waals surface area contributed by atoms with Crippen LogP contribution in [0.15, 0.2) is 30.3 Å². The second-order valence-corrected chi connectivity index (χ2v) is 6.91. The van der Waals surface area contributed by atoms with Gasteiger partial charge in [-0.15, -0.1) is 11.3 Å². The lowest BCUT2D eigenvalue weighted by atomic mass is 10.1. The van der Waals surface area contributed by atoms with Gasteiger partial charge in [-0.05, 0) is 31.2 Å². The zero-order valence-corrected chi connectivity index (χ0v) is 17.2. The van der Waals surface area contributed by atoms with E-state index in [1.165, 1.54) is 32.3 Å². The molecule has 0 spiro atoms. The fourth-order valence-electron chi connectivity index (χ4n) is 2.28. The Morgan fingerprint density at radius 1 is 0.929 bits per heavy atom. The Labute approximate surface area is 168 Å². The predicted molar refractivity (Wildman–Crippen MR) is 106 cm³/mol. The summed E-state index contributed by atoms with van der Waals surface area (Å²) < 4.78 is 31.5. The van der Waals surface area contributed by atoms with Gasteiger partial charge in [-0.3, -0.25) is 4.79 Å². The van der Waals surface area contributed by atoms with Crippen LogP contribution in [0.1, 0.15) is 20.1 Å². The number of ether oxygens (including phenoxy) is 6. The van der Waals surface area contributed by atoms with Gasteiger partial charge in [0, 0.05) is 43.2 Å². The normalized spacial score (nSPS) is 11.0. The Kier molecular flexibility index (Phi) is 8.96. The Morgan fingerprint density at radius 3 is 2.00 bits per heavy atom. The van der Waals surface area contributed by atoms with Crippen LogP contribution in [-0.2, 0) is 14.2 Å². The van der Waals surface area contributed by atoms with E-state index >= 15 is 0 Å². The van der Waals surface area contributed by atoms with Gasteiger partial charge in [0.05, 0.1) is 0 Å². The second kappa shape index (κ2) is 11.5. The molecule has 0 unspecified atom stereocenters. The topological polar surface area (TPSA) is 72.5 Å². The molecule has 0 aliphatic rings. The van der Waals surface area contributed by atoms with Crippen LogP contribution in [0, 0.1) is 6.92 Å². The molecule has 0 saturated carbocycles. The number of methoxy groups -OCH3 is 3. The number of hydrogen-bond acceptors (Lipinski definition) is 8. The van der Waals surface area contributed by atoms with Crippen molar-refractivity contribution in [2.24, 2.45) is 0 Å². The average Bonchev–Trinajstić information content (AvgIpc) is 3.12. The van der Waals surface area contributed by atoms with Gasteiger partial charge in [-0.25, -0.2) is 0 Å². The first-order valence-corrected chi connectivity index (χ1v) is 9.22. The first kappa shape index (κ1) is 21.9. The Bertz CT molecular complexity index is 769. The molecule has 8 heteroatoms. The van der Waals surface area contributed by atoms with Crippen molar-refractivity contribution in [1.29, 1.82) is 0 Å². The molecule has 7 nitrogen and oxygen atoms in total. The standard InChI is InChI=1S/C20H24O7S/c1-14-5-6-16(28-14)7-8-17(21)20-18(26-12-23-3)9-15(25-11-22-2)10-19(20)27-13-24-4/h5-10H,11-13H2,1-4H3/b8-7+. The van der Waals surface area contributed by atoms with Crippen LogP contribution in [-0.4, -0.2) is 47.5 Å². The van der Waals surface area contributed by atoms with E-state index in [9.17, 15) is 4.79 Å². The maximum Gasteiger partial charge on any atom is 0.193 e. The highest BCUT2D eigenvalue weighted by molar-refractivity contribution is 7.12. The van der Waals surface area contributed by atoms with Gasteiger partial charge in [0.25, 0.3) is 0 Å². The Morgan fingerprint density at radius 2 is 1.50 bits per heavy atom. The highest BCUT2D eigenvalue weighted by Crippen LogP contribution is 2.35. The molecular weight excluding hydrogens is 384 g/mol. The van der Waals surface area contributed by atoms with Crippen LogP contribution in [0.2, 0.25) is 0 Å². The lowest BCUT2D eigenvalue weighted by Gasteiger charge is -2.16. The number of hydrogen-bond donors (Lipinski definition) is 0. The maximum absolute atomic E-state index is 12.9. The van der Waals surface area contributed by atoms with E-state index in [1.807, 2.05) is 19.1 Å². The van der Waals surface area contributed by atoms with Gasteiger partial charge >= 0.3 is 0 Å². The van der Waals surface area contributed by atoms with Crippen LogP contribution in [0.3, 0.4) is 0 Å². The number of aryl methyl sites for hydroxylation is 1. The molecule has 0 aliphatic carbocycles. The van der Waals surface area contributed by atoms with Gasteiger partial charge in [-0.1, -0.05) is 0 Å². The zero-order chi connectivity index (χ0) is 20.4. The largest absolute Gasteiger partial charge is 0.467 e. The molecular formula is C20H24O7S. The highest BCUT2D eigenvalue weighted by atomic mass is 32.1. The van der Waals surface area contributed by atoms with E-state index < -0.39 is 0 Å². The summed E-state index contributed by atoms with van der Waals surface area (Å²) in [6.45, 7) is 1.98. The molecule has 0 saturated heterocycles. The highest BCUT2D eigenvalue weighted by Gasteiger charge is 2.20. The molecule has 0 fully saturated rings. The van der Waals surface area contributed by atoms with Gasteiger partial charge < -0.3 is 28.4 Å². The third kappa shape index (κ3) is 6.35. The maximum atomic E-state index is 12.9. The van der Waals surface area contributed by atoms with Crippen molar-refractivity contribution in [3.8, 4) is 17.2 Å². The molecule has 0 atom stereocenters. The molecule has 152 valence electrons. The minimum absolute atomic E-state index is 0.0361. The molecule has 0 N–H and O–H groups in total. The van der Waals surface area contributed by atoms with Crippen molar-refractivity contribution in [3.63, 3.8) is 0 Å². The third-order valence-electron chi connectivity index (χ3n) is 3.45. The molecule has 0 aliphatic heterocycles. The van der Waals surface area contributed by atoms with Gasteiger partial charge in [-0.2, -0.15) is 0 Å². The summed E-state index contributed by atoms with van der Waals surface area (Å²) in [4.78, 5) is 15.1. The molecule has 1 aromatic carbocycles. The van der Waals surface area contributed by atoms with Crippen molar-refractivity contribution in [2.45, 2.75) is 6.92 Å². The minimum atomic E-state index is -0.276. The van der Waals surface area contributed by atoms with Gasteiger partial charge in [0.1, 0.15) is 22.8 Å². The number of thiophene rings is 1. The molecule has 1 aromatic heterocycles. The summed E-state index contributed by atoms with van der Waals surface area (Å²) in [5.41, 5.74) is 0.253. The van der Waals surface area contributed by atoms with E-state index in [4.69, 9.17) is 28.4 Å². The smallest absolute Gasteiger partial charge is 0.193 e. The van der Waals surface area contributed by atoms with Crippen molar-refractivity contribution in [3.05, 3.63) is 45.7 Å². The van der Waals surface area contributed by atoms with E-state index in [1.54, 1.807) is 29.5 Å². The molecule has 1 heterocycles. The average molecular weight is 408 g/mol. The number of rotatable bonds is 12. The van der Waals surface area contributed by atoms with Crippen LogP contribution in [0.4, 0.5) is 0 Å². The summed E-state index contributed by atoms with van der Waals surface area (Å²) in [5.74, 6) is 0.701. The third-order valence-corrected chi connectivity index (χ3v) is 4.42. The summed E-state index contributed by atoms with van der Waals surface area (Å²) >= 11 is 1.60. The Balaban J connectivity index is 2.40. The summed E-state index contributed by atoms with van der Waals surface area (Å²) in [6.07, 6.45) is 3.24. The quantitative estimate of drug-likeness (QED) is 0.300. The number of carbonyl (C=O) groups excluding carboxylic acids is 1. The van der Waals surface area contributed by atoms with Gasteiger partial charge in [0.2, 0.25) is 0 Å². The molecule has 2 rings (SSSR count). The molecule has 0 amide bonds. The number of carbonyl (C=O) groups is 1. The number of ketones is 1. The zero-order valence-electron chi connectivity index (χ0n) is 16.4. The number of allylic oxidation sites excluding steroid dienone is 1. The van der Waals surface area contributed by atoms with E-state index in [2.05, 4.69) is 0 Å².